The summed E-state index contributed by atoms with van der Waals surface area (Å²) in [6.45, 7) is 3.90. The van der Waals surface area contributed by atoms with E-state index in [1.54, 1.807) is 24.3 Å². The maximum Gasteiger partial charge on any atom is 0.311 e. The highest BCUT2D eigenvalue weighted by Gasteiger charge is 2.69. The Labute approximate surface area is 197 Å². The Morgan fingerprint density at radius 1 is 1.03 bits per heavy atom. The molecule has 2 aliphatic rings. The van der Waals surface area contributed by atoms with E-state index >= 15 is 0 Å². The topological polar surface area (TPSA) is 100 Å². The number of benzene rings is 3. The summed E-state index contributed by atoms with van der Waals surface area (Å²) in [4.78, 5) is 12.7. The fourth-order valence-electron chi connectivity index (χ4n) is 5.64. The third kappa shape index (κ3) is 2.90. The largest absolute Gasteiger partial charge is 0.477 e. The Hall–Kier alpha value is -4.24. The van der Waals surface area contributed by atoms with E-state index in [2.05, 4.69) is 6.07 Å². The van der Waals surface area contributed by atoms with Gasteiger partial charge in [-0.25, -0.2) is 0 Å². The van der Waals surface area contributed by atoms with Gasteiger partial charge in [0.15, 0.2) is 0 Å². The van der Waals surface area contributed by atoms with Crippen LogP contribution >= 0.6 is 0 Å². The van der Waals surface area contributed by atoms with Gasteiger partial charge in [-0.2, -0.15) is 5.26 Å². The highest BCUT2D eigenvalue weighted by atomic mass is 16.6. The molecule has 4 atom stereocenters. The van der Waals surface area contributed by atoms with Crippen LogP contribution < -0.4 is 4.74 Å². The maximum absolute atomic E-state index is 13.1. The van der Waals surface area contributed by atoms with Gasteiger partial charge in [0, 0.05) is 16.1 Å². The van der Waals surface area contributed by atoms with Crippen molar-refractivity contribution in [1.82, 2.24) is 0 Å². The van der Waals surface area contributed by atoms with Crippen molar-refractivity contribution in [2.45, 2.75) is 31.4 Å². The number of hydrogen-bond acceptors (Lipinski definition) is 5. The fourth-order valence-corrected chi connectivity index (χ4v) is 5.64. The van der Waals surface area contributed by atoms with Crippen molar-refractivity contribution in [2.24, 2.45) is 5.92 Å². The number of fused-ring (bicyclic) bond motifs is 3. The van der Waals surface area contributed by atoms with E-state index in [9.17, 15) is 20.8 Å². The molecule has 0 aromatic heterocycles. The summed E-state index contributed by atoms with van der Waals surface area (Å²) in [6.07, 6.45) is -1.05. The number of hydrogen-bond donors (Lipinski definition) is 1. The number of allylic oxidation sites excluding steroid dienone is 1. The van der Waals surface area contributed by atoms with Gasteiger partial charge in [-0.3, -0.25) is 15.5 Å². The number of aryl methyl sites for hydroxylation is 1. The van der Waals surface area contributed by atoms with Gasteiger partial charge in [0.25, 0.3) is 0 Å². The van der Waals surface area contributed by atoms with Crippen molar-refractivity contribution >= 4 is 11.3 Å². The van der Waals surface area contributed by atoms with E-state index in [1.807, 2.05) is 68.4 Å². The smallest absolute Gasteiger partial charge is 0.311 e. The van der Waals surface area contributed by atoms with Crippen LogP contribution in [0.15, 0.2) is 84.4 Å². The molecule has 1 unspecified atom stereocenters. The molecule has 5 rings (SSSR count). The summed E-state index contributed by atoms with van der Waals surface area (Å²) >= 11 is 0. The van der Waals surface area contributed by atoms with E-state index in [0.29, 0.717) is 22.4 Å². The summed E-state index contributed by atoms with van der Waals surface area (Å²) in [7, 11) is 0. The number of nitro groups is 1. The monoisotopic (exact) mass is 449 g/mol. The predicted octanol–water partition coefficient (Wildman–Crippen LogP) is 5.87. The summed E-state index contributed by atoms with van der Waals surface area (Å²) in [5.74, 6) is -0.534. The molecule has 0 spiro atoms. The molecule has 0 fully saturated rings. The minimum atomic E-state index is -1.95. The van der Waals surface area contributed by atoms with Gasteiger partial charge in [0.05, 0.1) is 11.5 Å². The zero-order valence-corrected chi connectivity index (χ0v) is 18.9. The number of nitrogens with zero attached hydrogens (tertiary/aromatic N) is 2. The zero-order chi connectivity index (χ0) is 24.0. The van der Waals surface area contributed by atoms with Crippen molar-refractivity contribution < 1.29 is 9.66 Å². The molecule has 3 aromatic carbocycles. The first kappa shape index (κ1) is 21.6. The highest BCUT2D eigenvalue weighted by Crippen LogP contribution is 2.59. The van der Waals surface area contributed by atoms with Crippen LogP contribution in [0.4, 0.5) is 0 Å². The van der Waals surface area contributed by atoms with E-state index in [0.717, 1.165) is 11.1 Å². The second-order valence-corrected chi connectivity index (χ2v) is 8.94. The van der Waals surface area contributed by atoms with E-state index in [4.69, 9.17) is 4.74 Å². The van der Waals surface area contributed by atoms with Crippen LogP contribution in [0, 0.1) is 39.7 Å². The molecule has 0 saturated carbocycles. The molecule has 0 amide bonds. The van der Waals surface area contributed by atoms with Gasteiger partial charge in [0.1, 0.15) is 17.5 Å². The average molecular weight is 450 g/mol. The zero-order valence-electron chi connectivity index (χ0n) is 18.9. The molecule has 0 saturated heterocycles. The quantitative estimate of drug-likeness (QED) is 0.399. The van der Waals surface area contributed by atoms with Gasteiger partial charge in [-0.1, -0.05) is 85.3 Å². The van der Waals surface area contributed by atoms with Crippen LogP contribution in [-0.4, -0.2) is 16.2 Å². The van der Waals surface area contributed by atoms with Crippen LogP contribution in [0.25, 0.3) is 5.57 Å². The molecular weight excluding hydrogens is 426 g/mol. The summed E-state index contributed by atoms with van der Waals surface area (Å²) in [5.41, 5.74) is 1.62. The van der Waals surface area contributed by atoms with Gasteiger partial charge < -0.3 is 4.74 Å². The van der Waals surface area contributed by atoms with Crippen LogP contribution in [0.3, 0.4) is 0 Å². The van der Waals surface area contributed by atoms with Crippen molar-refractivity contribution in [1.29, 1.82) is 10.7 Å². The minimum absolute atomic E-state index is 0.0493. The van der Waals surface area contributed by atoms with Crippen LogP contribution in [0.5, 0.6) is 5.75 Å². The van der Waals surface area contributed by atoms with Crippen LogP contribution in [-0.2, 0) is 0 Å². The molecule has 3 aromatic rings. The lowest BCUT2D eigenvalue weighted by atomic mass is 9.57. The third-order valence-electron chi connectivity index (χ3n) is 7.13. The number of rotatable bonds is 3. The Morgan fingerprint density at radius 2 is 1.68 bits per heavy atom. The van der Waals surface area contributed by atoms with E-state index in [1.165, 1.54) is 0 Å². The van der Waals surface area contributed by atoms with Crippen LogP contribution in [0.1, 0.15) is 41.2 Å². The molecule has 0 radical (unpaired) electrons. The maximum atomic E-state index is 13.1. The van der Waals surface area contributed by atoms with Crippen molar-refractivity contribution in [2.75, 3.05) is 0 Å². The van der Waals surface area contributed by atoms with Gasteiger partial charge in [0.2, 0.25) is 6.10 Å². The first-order valence-electron chi connectivity index (χ1n) is 11.2. The first-order valence-corrected chi connectivity index (χ1v) is 11.2. The molecule has 6 nitrogen and oxygen atoms in total. The lowest BCUT2D eigenvalue weighted by Gasteiger charge is -2.48. The van der Waals surface area contributed by atoms with Crippen molar-refractivity contribution in [3.05, 3.63) is 117 Å². The Morgan fingerprint density at radius 3 is 2.32 bits per heavy atom. The molecule has 1 N–H and O–H groups in total. The fraction of sp³-hybridized carbons (Fsp3) is 0.214. The molecule has 168 valence electrons. The molecular formula is C28H23N3O3. The molecule has 1 aliphatic heterocycles. The summed E-state index contributed by atoms with van der Waals surface area (Å²) in [5, 5.41) is 32.4. The SMILES string of the molecule is Cc1ccc(C2=C(C#N)C(=N)[C@@]3([N+](=O)[O-])[C@H](c4ccccc4)Oc4ccccc4[C@H]3C2C)cc1. The standard InChI is InChI=1S/C28H23N3O3/c1-17-12-14-19(15-13-17)24-18(2)25-21-10-6-7-11-23(21)34-27(20-8-4-3-5-9-20)28(25,31(32)33)26(30)22(24)16-29/h3-15,18,25,27,30H,1-2H3/t18?,25-,27+,28-/m1/s1. The molecule has 1 aliphatic carbocycles. The highest BCUT2D eigenvalue weighted by molar-refractivity contribution is 6.15. The minimum Gasteiger partial charge on any atom is -0.477 e. The average Bonchev–Trinajstić information content (AvgIpc) is 2.86. The Kier molecular flexibility index (Phi) is 5.06. The van der Waals surface area contributed by atoms with Gasteiger partial charge in [-0.05, 0) is 30.0 Å². The third-order valence-corrected chi connectivity index (χ3v) is 7.13. The summed E-state index contributed by atoms with van der Waals surface area (Å²) in [6, 6.07) is 26.2. The summed E-state index contributed by atoms with van der Waals surface area (Å²) < 4.78 is 6.31. The first-order chi connectivity index (χ1) is 16.4. The van der Waals surface area contributed by atoms with Crippen LogP contribution in [0.2, 0.25) is 0 Å². The number of nitrogens with one attached hydrogen (secondary N) is 1. The Bertz CT molecular complexity index is 1370. The van der Waals surface area contributed by atoms with Gasteiger partial charge in [-0.15, -0.1) is 0 Å². The molecule has 34 heavy (non-hydrogen) atoms. The predicted molar refractivity (Wildman–Crippen MR) is 129 cm³/mol. The number of ether oxygens (including phenoxy) is 1. The van der Waals surface area contributed by atoms with E-state index < -0.39 is 28.4 Å². The van der Waals surface area contributed by atoms with Crippen molar-refractivity contribution in [3.8, 4) is 11.8 Å². The van der Waals surface area contributed by atoms with E-state index in [-0.39, 0.29) is 11.3 Å². The lowest BCUT2D eigenvalue weighted by Crippen LogP contribution is -2.62. The van der Waals surface area contributed by atoms with Gasteiger partial charge >= 0.3 is 5.54 Å². The number of nitriles is 1. The lowest BCUT2D eigenvalue weighted by molar-refractivity contribution is -0.568. The normalized spacial score (nSPS) is 25.6. The Balaban J connectivity index is 1.86. The molecule has 6 heteroatoms. The molecule has 1 heterocycles. The molecule has 0 bridgehead atoms. The second kappa shape index (κ2) is 7.96. The van der Waals surface area contributed by atoms with Crippen molar-refractivity contribution in [3.63, 3.8) is 0 Å². The number of para-hydroxylation sites is 1. The second-order valence-electron chi connectivity index (χ2n) is 8.94.